The number of rotatable bonds is 3. The topological polar surface area (TPSA) is 70.6 Å². The van der Waals surface area contributed by atoms with Gasteiger partial charge in [0.05, 0.1) is 17.7 Å². The van der Waals surface area contributed by atoms with Crippen molar-refractivity contribution in [3.05, 3.63) is 59.7 Å². The molecule has 0 aromatic carbocycles. The van der Waals surface area contributed by atoms with E-state index in [1.807, 2.05) is 18.3 Å². The molecule has 1 N–H and O–H groups in total. The molecule has 0 atom stereocenters. The second-order valence-corrected chi connectivity index (χ2v) is 5.84. The zero-order chi connectivity index (χ0) is 15.6. The molecule has 0 amide bonds. The van der Waals surface area contributed by atoms with E-state index in [-0.39, 0.29) is 0 Å². The average molecular weight is 306 g/mol. The molecule has 4 heterocycles. The summed E-state index contributed by atoms with van der Waals surface area (Å²) in [7, 11) is 0. The monoisotopic (exact) mass is 306 g/mol. The maximum absolute atomic E-state index is 4.75. The van der Waals surface area contributed by atoms with Crippen LogP contribution in [0.2, 0.25) is 0 Å². The minimum absolute atomic E-state index is 0.780. The van der Waals surface area contributed by atoms with Crippen molar-refractivity contribution in [3.63, 3.8) is 0 Å². The fourth-order valence-electron chi connectivity index (χ4n) is 2.91. The first-order valence-corrected chi connectivity index (χ1v) is 7.76. The molecule has 1 aliphatic rings. The van der Waals surface area contributed by atoms with Crippen molar-refractivity contribution in [3.8, 4) is 11.4 Å². The Labute approximate surface area is 134 Å². The van der Waals surface area contributed by atoms with Gasteiger partial charge in [0, 0.05) is 61.5 Å². The summed E-state index contributed by atoms with van der Waals surface area (Å²) in [6.45, 7) is 4.79. The van der Waals surface area contributed by atoms with Gasteiger partial charge in [0.1, 0.15) is 0 Å². The predicted octanol–water partition coefficient (Wildman–Crippen LogP) is 2.13. The molecule has 1 aliphatic heterocycles. The number of pyridine rings is 1. The molecule has 0 bridgehead atoms. The van der Waals surface area contributed by atoms with E-state index in [9.17, 15) is 0 Å². The fraction of sp³-hybridized carbons (Fsp3) is 0.294. The van der Waals surface area contributed by atoms with Gasteiger partial charge in [0.25, 0.3) is 0 Å². The summed E-state index contributed by atoms with van der Waals surface area (Å²) in [5, 5.41) is 0. The highest BCUT2D eigenvalue weighted by molar-refractivity contribution is 5.54. The van der Waals surface area contributed by atoms with Crippen LogP contribution in [0.4, 0.5) is 0 Å². The summed E-state index contributed by atoms with van der Waals surface area (Å²) in [5.41, 5.74) is 5.63. The summed E-state index contributed by atoms with van der Waals surface area (Å²) in [4.78, 5) is 23.2. The van der Waals surface area contributed by atoms with Crippen LogP contribution in [0.3, 0.4) is 0 Å². The molecule has 116 valence electrons. The van der Waals surface area contributed by atoms with Crippen LogP contribution in [0.25, 0.3) is 11.4 Å². The predicted molar refractivity (Wildman–Crippen MR) is 86.4 cm³/mol. The summed E-state index contributed by atoms with van der Waals surface area (Å²) in [6, 6.07) is 3.88. The van der Waals surface area contributed by atoms with Gasteiger partial charge in [-0.3, -0.25) is 9.88 Å². The van der Waals surface area contributed by atoms with Crippen LogP contribution >= 0.6 is 0 Å². The minimum Gasteiger partial charge on any atom is -0.348 e. The van der Waals surface area contributed by atoms with Crippen LogP contribution in [-0.2, 0) is 19.5 Å². The van der Waals surface area contributed by atoms with E-state index in [0.717, 1.165) is 54.5 Å². The molecule has 23 heavy (non-hydrogen) atoms. The number of H-pyrrole nitrogens is 1. The Morgan fingerprint density at radius 2 is 2.09 bits per heavy atom. The van der Waals surface area contributed by atoms with Crippen LogP contribution in [0, 0.1) is 6.92 Å². The molecule has 0 fully saturated rings. The zero-order valence-electron chi connectivity index (χ0n) is 13.0. The Kier molecular flexibility index (Phi) is 3.59. The first kappa shape index (κ1) is 14.0. The van der Waals surface area contributed by atoms with Crippen LogP contribution in [-0.4, -0.2) is 36.4 Å². The number of hydrogen-bond acceptors (Lipinski definition) is 5. The lowest BCUT2D eigenvalue weighted by atomic mass is 10.1. The normalized spacial score (nSPS) is 14.7. The van der Waals surface area contributed by atoms with Gasteiger partial charge in [0.15, 0.2) is 5.82 Å². The lowest BCUT2D eigenvalue weighted by Gasteiger charge is -2.27. The molecule has 0 radical (unpaired) electrons. The van der Waals surface area contributed by atoms with Gasteiger partial charge in [-0.2, -0.15) is 0 Å². The molecule has 0 unspecified atom stereocenters. The van der Waals surface area contributed by atoms with Crippen LogP contribution in [0.15, 0.2) is 37.1 Å². The molecule has 0 saturated carbocycles. The number of hydrogen-bond donors (Lipinski definition) is 1. The van der Waals surface area contributed by atoms with Gasteiger partial charge in [-0.1, -0.05) is 0 Å². The minimum atomic E-state index is 0.780. The second-order valence-electron chi connectivity index (χ2n) is 5.84. The van der Waals surface area contributed by atoms with Crippen molar-refractivity contribution >= 4 is 0 Å². The van der Waals surface area contributed by atoms with Crippen LogP contribution < -0.4 is 0 Å². The van der Waals surface area contributed by atoms with E-state index >= 15 is 0 Å². The molecule has 4 rings (SSSR count). The zero-order valence-corrected chi connectivity index (χ0v) is 13.0. The van der Waals surface area contributed by atoms with E-state index in [2.05, 4.69) is 31.8 Å². The third-order valence-corrected chi connectivity index (χ3v) is 4.26. The number of imidazole rings is 1. The Morgan fingerprint density at radius 1 is 1.22 bits per heavy atom. The summed E-state index contributed by atoms with van der Waals surface area (Å²) >= 11 is 0. The molecular formula is C17H18N6. The van der Waals surface area contributed by atoms with Crippen LogP contribution in [0.1, 0.15) is 22.6 Å². The SMILES string of the molecule is Cc1[nH]cnc1CN1CCc2nc(-c3ccncc3)ncc2C1. The Balaban J connectivity index is 1.53. The molecule has 6 heteroatoms. The Hall–Kier alpha value is -2.60. The average Bonchev–Trinajstić information content (AvgIpc) is 3.00. The molecule has 0 saturated heterocycles. The first-order chi connectivity index (χ1) is 11.3. The van der Waals surface area contributed by atoms with Gasteiger partial charge in [-0.15, -0.1) is 0 Å². The molecule has 6 nitrogen and oxygen atoms in total. The van der Waals surface area contributed by atoms with Gasteiger partial charge in [0.2, 0.25) is 0 Å². The first-order valence-electron chi connectivity index (χ1n) is 7.76. The van der Waals surface area contributed by atoms with Crippen molar-refractivity contribution in [1.82, 2.24) is 29.8 Å². The van der Waals surface area contributed by atoms with Crippen molar-refractivity contribution < 1.29 is 0 Å². The number of nitrogens with zero attached hydrogens (tertiary/aromatic N) is 5. The standard InChI is InChI=1S/C17H18N6/c1-12-16(21-11-20-12)10-23-7-4-15-14(9-23)8-19-17(22-15)13-2-5-18-6-3-13/h2-3,5-6,8,11H,4,7,9-10H2,1H3,(H,20,21). The maximum Gasteiger partial charge on any atom is 0.159 e. The van der Waals surface area contributed by atoms with Gasteiger partial charge >= 0.3 is 0 Å². The van der Waals surface area contributed by atoms with E-state index in [1.165, 1.54) is 5.56 Å². The summed E-state index contributed by atoms with van der Waals surface area (Å²) in [5.74, 6) is 0.780. The highest BCUT2D eigenvalue weighted by Crippen LogP contribution is 2.21. The lowest BCUT2D eigenvalue weighted by Crippen LogP contribution is -2.31. The lowest BCUT2D eigenvalue weighted by molar-refractivity contribution is 0.240. The summed E-state index contributed by atoms with van der Waals surface area (Å²) < 4.78 is 0. The number of aryl methyl sites for hydroxylation is 1. The highest BCUT2D eigenvalue weighted by atomic mass is 15.1. The molecule has 3 aromatic heterocycles. The highest BCUT2D eigenvalue weighted by Gasteiger charge is 2.20. The molecule has 3 aromatic rings. The molecular weight excluding hydrogens is 288 g/mol. The van der Waals surface area contributed by atoms with Gasteiger partial charge in [-0.05, 0) is 19.1 Å². The Bertz CT molecular complexity index is 811. The maximum atomic E-state index is 4.75. The fourth-order valence-corrected chi connectivity index (χ4v) is 2.91. The number of aromatic nitrogens is 5. The number of fused-ring (bicyclic) bond motifs is 1. The van der Waals surface area contributed by atoms with E-state index in [1.54, 1.807) is 18.7 Å². The summed E-state index contributed by atoms with van der Waals surface area (Å²) in [6.07, 6.45) is 8.20. The van der Waals surface area contributed by atoms with Crippen LogP contribution in [0.5, 0.6) is 0 Å². The van der Waals surface area contributed by atoms with E-state index in [4.69, 9.17) is 4.98 Å². The van der Waals surface area contributed by atoms with E-state index < -0.39 is 0 Å². The third-order valence-electron chi connectivity index (χ3n) is 4.26. The third kappa shape index (κ3) is 2.85. The van der Waals surface area contributed by atoms with Gasteiger partial charge in [-0.25, -0.2) is 15.0 Å². The smallest absolute Gasteiger partial charge is 0.159 e. The molecule has 0 aliphatic carbocycles. The van der Waals surface area contributed by atoms with E-state index in [0.29, 0.717) is 0 Å². The number of aromatic amines is 1. The Morgan fingerprint density at radius 3 is 2.87 bits per heavy atom. The van der Waals surface area contributed by atoms with Crippen molar-refractivity contribution in [2.45, 2.75) is 26.4 Å². The quantitative estimate of drug-likeness (QED) is 0.802. The van der Waals surface area contributed by atoms with Gasteiger partial charge < -0.3 is 4.98 Å². The molecule has 0 spiro atoms. The van der Waals surface area contributed by atoms with Crippen molar-refractivity contribution in [2.75, 3.05) is 6.54 Å². The van der Waals surface area contributed by atoms with Crippen molar-refractivity contribution in [1.29, 1.82) is 0 Å². The largest absolute Gasteiger partial charge is 0.348 e. The number of nitrogens with one attached hydrogen (secondary N) is 1. The second kappa shape index (κ2) is 5.89. The van der Waals surface area contributed by atoms with Crippen molar-refractivity contribution in [2.24, 2.45) is 0 Å².